The van der Waals surface area contributed by atoms with Crippen molar-refractivity contribution in [2.75, 3.05) is 0 Å². The van der Waals surface area contributed by atoms with Gasteiger partial charge in [-0.2, -0.15) is 0 Å². The van der Waals surface area contributed by atoms with Gasteiger partial charge in [-0.25, -0.2) is 9.37 Å². The average molecular weight is 318 g/mol. The fraction of sp³-hybridized carbons (Fsp3) is 0.0909. The van der Waals surface area contributed by atoms with Gasteiger partial charge in [0.2, 0.25) is 0 Å². The van der Waals surface area contributed by atoms with Gasteiger partial charge in [-0.05, 0) is 34.1 Å². The molecule has 2 aromatic rings. The monoisotopic (exact) mass is 316 g/mol. The van der Waals surface area contributed by atoms with E-state index in [9.17, 15) is 9.18 Å². The Morgan fingerprint density at radius 2 is 2.18 bits per heavy atom. The van der Waals surface area contributed by atoms with Crippen molar-refractivity contribution in [2.24, 2.45) is 0 Å². The van der Waals surface area contributed by atoms with Crippen LogP contribution in [0.25, 0.3) is 11.4 Å². The number of aromatic amines is 1. The van der Waals surface area contributed by atoms with Gasteiger partial charge in [-0.3, -0.25) is 4.79 Å². The van der Waals surface area contributed by atoms with E-state index in [0.29, 0.717) is 21.6 Å². The molecule has 0 aliphatic heterocycles. The Balaban J connectivity index is 2.55. The standard InChI is InChI=1S/C11H7BrClFN2O/c12-8-3-6(1-2-9(8)14)11-15-7(5-13)4-10(17)16-11/h1-4H,5H2,(H,15,16,17). The number of halogens is 3. The number of nitrogens with one attached hydrogen (secondary N) is 1. The lowest BCUT2D eigenvalue weighted by atomic mass is 10.2. The zero-order valence-electron chi connectivity index (χ0n) is 8.51. The summed E-state index contributed by atoms with van der Waals surface area (Å²) < 4.78 is 13.4. The van der Waals surface area contributed by atoms with Crippen molar-refractivity contribution in [1.82, 2.24) is 9.97 Å². The van der Waals surface area contributed by atoms with Crippen LogP contribution in [-0.4, -0.2) is 9.97 Å². The van der Waals surface area contributed by atoms with Crippen molar-refractivity contribution in [3.63, 3.8) is 0 Å². The highest BCUT2D eigenvalue weighted by molar-refractivity contribution is 9.10. The van der Waals surface area contributed by atoms with Gasteiger partial charge in [0.1, 0.15) is 11.6 Å². The van der Waals surface area contributed by atoms with Crippen LogP contribution in [0.3, 0.4) is 0 Å². The molecule has 0 unspecified atom stereocenters. The fourth-order valence-corrected chi connectivity index (χ4v) is 1.87. The Hall–Kier alpha value is -1.20. The van der Waals surface area contributed by atoms with E-state index in [2.05, 4.69) is 25.9 Å². The summed E-state index contributed by atoms with van der Waals surface area (Å²) in [6.07, 6.45) is 0. The maximum absolute atomic E-state index is 13.1. The predicted molar refractivity (Wildman–Crippen MR) is 67.5 cm³/mol. The molecule has 3 nitrogen and oxygen atoms in total. The third-order valence-electron chi connectivity index (χ3n) is 2.12. The highest BCUT2D eigenvalue weighted by Crippen LogP contribution is 2.22. The molecule has 2 rings (SSSR count). The first-order valence-electron chi connectivity index (χ1n) is 4.72. The summed E-state index contributed by atoms with van der Waals surface area (Å²) in [6.45, 7) is 0. The number of benzene rings is 1. The zero-order chi connectivity index (χ0) is 12.4. The molecule has 0 aliphatic rings. The Kier molecular flexibility index (Phi) is 3.59. The molecule has 1 heterocycles. The molecule has 0 aliphatic carbocycles. The maximum atomic E-state index is 13.1. The van der Waals surface area contributed by atoms with Crippen molar-refractivity contribution in [2.45, 2.75) is 5.88 Å². The Morgan fingerprint density at radius 3 is 2.82 bits per heavy atom. The van der Waals surface area contributed by atoms with Gasteiger partial charge in [0, 0.05) is 11.6 Å². The average Bonchev–Trinajstić information content (AvgIpc) is 2.32. The largest absolute Gasteiger partial charge is 0.307 e. The molecule has 17 heavy (non-hydrogen) atoms. The number of nitrogens with zero attached hydrogens (tertiary/aromatic N) is 1. The summed E-state index contributed by atoms with van der Waals surface area (Å²) in [5.74, 6) is 0.151. The van der Waals surface area contributed by atoms with Gasteiger partial charge in [-0.15, -0.1) is 11.6 Å². The minimum atomic E-state index is -0.371. The van der Waals surface area contributed by atoms with Gasteiger partial charge < -0.3 is 4.98 Å². The van der Waals surface area contributed by atoms with Gasteiger partial charge in [0.15, 0.2) is 0 Å². The third kappa shape index (κ3) is 2.73. The van der Waals surface area contributed by atoms with Gasteiger partial charge in [0.05, 0.1) is 16.0 Å². The Labute approximate surface area is 110 Å². The van der Waals surface area contributed by atoms with Crippen LogP contribution >= 0.6 is 27.5 Å². The van der Waals surface area contributed by atoms with Crippen molar-refractivity contribution in [1.29, 1.82) is 0 Å². The smallest absolute Gasteiger partial charge is 0.251 e. The van der Waals surface area contributed by atoms with Crippen LogP contribution in [-0.2, 0) is 5.88 Å². The van der Waals surface area contributed by atoms with Crippen LogP contribution in [0, 0.1) is 5.82 Å². The van der Waals surface area contributed by atoms with Gasteiger partial charge >= 0.3 is 0 Å². The van der Waals surface area contributed by atoms with Gasteiger partial charge in [-0.1, -0.05) is 0 Å². The lowest BCUT2D eigenvalue weighted by Gasteiger charge is -2.03. The summed E-state index contributed by atoms with van der Waals surface area (Å²) in [7, 11) is 0. The molecule has 0 saturated heterocycles. The number of H-pyrrole nitrogens is 1. The molecular formula is C11H7BrClFN2O. The molecule has 0 bridgehead atoms. The van der Waals surface area contributed by atoms with Crippen LogP contribution in [0.5, 0.6) is 0 Å². The quantitative estimate of drug-likeness (QED) is 0.865. The molecule has 0 radical (unpaired) electrons. The van der Waals surface area contributed by atoms with E-state index in [-0.39, 0.29) is 17.3 Å². The molecule has 88 valence electrons. The lowest BCUT2D eigenvalue weighted by molar-refractivity contribution is 0.621. The summed E-state index contributed by atoms with van der Waals surface area (Å²) in [6, 6.07) is 5.71. The molecule has 0 spiro atoms. The molecule has 0 atom stereocenters. The molecule has 1 N–H and O–H groups in total. The minimum Gasteiger partial charge on any atom is -0.307 e. The summed E-state index contributed by atoms with van der Waals surface area (Å²) >= 11 is 8.71. The van der Waals surface area contributed by atoms with E-state index in [1.807, 2.05) is 0 Å². The fourth-order valence-electron chi connectivity index (χ4n) is 1.36. The van der Waals surface area contributed by atoms with Gasteiger partial charge in [0.25, 0.3) is 5.56 Å². The summed E-state index contributed by atoms with van der Waals surface area (Å²) in [5, 5.41) is 0. The van der Waals surface area contributed by atoms with Crippen LogP contribution in [0.2, 0.25) is 0 Å². The third-order valence-corrected chi connectivity index (χ3v) is 3.01. The Bertz CT molecular complexity index is 615. The highest BCUT2D eigenvalue weighted by Gasteiger charge is 2.06. The van der Waals surface area contributed by atoms with E-state index in [0.717, 1.165) is 0 Å². The Morgan fingerprint density at radius 1 is 1.41 bits per heavy atom. The molecule has 1 aromatic heterocycles. The second kappa shape index (κ2) is 4.98. The van der Waals surface area contributed by atoms with Crippen molar-refractivity contribution < 1.29 is 4.39 Å². The maximum Gasteiger partial charge on any atom is 0.251 e. The zero-order valence-corrected chi connectivity index (χ0v) is 10.8. The van der Waals surface area contributed by atoms with Crippen molar-refractivity contribution >= 4 is 27.5 Å². The van der Waals surface area contributed by atoms with E-state index >= 15 is 0 Å². The topological polar surface area (TPSA) is 45.8 Å². The summed E-state index contributed by atoms with van der Waals surface area (Å²) in [4.78, 5) is 18.1. The first-order valence-corrected chi connectivity index (χ1v) is 6.04. The van der Waals surface area contributed by atoms with Crippen LogP contribution in [0.4, 0.5) is 4.39 Å². The van der Waals surface area contributed by atoms with E-state index in [1.165, 1.54) is 18.2 Å². The van der Waals surface area contributed by atoms with Crippen LogP contribution in [0.15, 0.2) is 33.5 Å². The van der Waals surface area contributed by atoms with E-state index in [4.69, 9.17) is 11.6 Å². The number of alkyl halides is 1. The second-order valence-electron chi connectivity index (χ2n) is 3.35. The number of hydrogen-bond acceptors (Lipinski definition) is 2. The predicted octanol–water partition coefficient (Wildman–Crippen LogP) is 3.08. The molecule has 0 amide bonds. The first kappa shape index (κ1) is 12.3. The number of aromatic nitrogens is 2. The molecule has 1 aromatic carbocycles. The van der Waals surface area contributed by atoms with E-state index < -0.39 is 0 Å². The lowest BCUT2D eigenvalue weighted by Crippen LogP contribution is -2.09. The molecular weight excluding hydrogens is 310 g/mol. The number of hydrogen-bond donors (Lipinski definition) is 1. The first-order chi connectivity index (χ1) is 8.10. The van der Waals surface area contributed by atoms with Crippen molar-refractivity contribution in [3.8, 4) is 11.4 Å². The van der Waals surface area contributed by atoms with Crippen molar-refractivity contribution in [3.05, 3.63) is 50.6 Å². The van der Waals surface area contributed by atoms with Crippen LogP contribution in [0.1, 0.15) is 5.69 Å². The second-order valence-corrected chi connectivity index (χ2v) is 4.47. The minimum absolute atomic E-state index is 0.152. The van der Waals surface area contributed by atoms with E-state index in [1.54, 1.807) is 6.07 Å². The molecule has 6 heteroatoms. The highest BCUT2D eigenvalue weighted by atomic mass is 79.9. The molecule has 0 fully saturated rings. The molecule has 0 saturated carbocycles. The van der Waals surface area contributed by atoms with Crippen LogP contribution < -0.4 is 5.56 Å². The SMILES string of the molecule is O=c1cc(CCl)nc(-c2ccc(F)c(Br)c2)[nH]1. The normalized spacial score (nSPS) is 10.5. The number of rotatable bonds is 2. The summed E-state index contributed by atoms with van der Waals surface area (Å²) in [5.41, 5.74) is 0.805.